The van der Waals surface area contributed by atoms with E-state index < -0.39 is 12.1 Å². The molecule has 2 aromatic rings. The molecular weight excluding hydrogens is 328 g/mol. The van der Waals surface area contributed by atoms with Crippen LogP contribution in [0.15, 0.2) is 16.7 Å². The van der Waals surface area contributed by atoms with E-state index in [9.17, 15) is 15.0 Å². The fourth-order valence-corrected chi connectivity index (χ4v) is 3.28. The van der Waals surface area contributed by atoms with Gasteiger partial charge in [0.05, 0.1) is 20.3 Å². The zero-order chi connectivity index (χ0) is 18.1. The smallest absolute Gasteiger partial charge is 0.341 e. The molecule has 2 N–H and O–H groups in total. The van der Waals surface area contributed by atoms with Gasteiger partial charge < -0.3 is 24.2 Å². The number of carboxylic acids is 1. The third kappa shape index (κ3) is 3.06. The molecule has 0 aliphatic carbocycles. The van der Waals surface area contributed by atoms with Crippen LogP contribution in [0.5, 0.6) is 11.5 Å². The van der Waals surface area contributed by atoms with Crippen molar-refractivity contribution >= 4 is 5.97 Å². The van der Waals surface area contributed by atoms with Crippen molar-refractivity contribution in [1.29, 1.82) is 0 Å². The highest BCUT2D eigenvalue weighted by molar-refractivity contribution is 5.89. The number of aryl methyl sites for hydroxylation is 1. The van der Waals surface area contributed by atoms with Gasteiger partial charge in [-0.1, -0.05) is 5.16 Å². The van der Waals surface area contributed by atoms with Gasteiger partial charge in [0.25, 0.3) is 0 Å². The van der Waals surface area contributed by atoms with Crippen molar-refractivity contribution in [2.24, 2.45) is 0 Å². The monoisotopic (exact) mass is 348 g/mol. The lowest BCUT2D eigenvalue weighted by molar-refractivity contribution is 0.0688. The Morgan fingerprint density at radius 2 is 2.04 bits per heavy atom. The quantitative estimate of drug-likeness (QED) is 0.842. The number of aromatic nitrogens is 1. The van der Waals surface area contributed by atoms with Gasteiger partial charge in [0.15, 0.2) is 0 Å². The molecule has 0 fully saturated rings. The number of nitrogens with zero attached hydrogens (tertiary/aromatic N) is 2. The third-order valence-corrected chi connectivity index (χ3v) is 4.38. The average Bonchev–Trinajstić information content (AvgIpc) is 2.94. The van der Waals surface area contributed by atoms with E-state index in [0.29, 0.717) is 35.8 Å². The molecule has 134 valence electrons. The summed E-state index contributed by atoms with van der Waals surface area (Å²) in [7, 11) is 3.12. The zero-order valence-electron chi connectivity index (χ0n) is 14.3. The van der Waals surface area contributed by atoms with E-state index in [-0.39, 0.29) is 17.9 Å². The Morgan fingerprint density at radius 1 is 1.36 bits per heavy atom. The van der Waals surface area contributed by atoms with Crippen LogP contribution in [0.2, 0.25) is 0 Å². The van der Waals surface area contributed by atoms with Gasteiger partial charge >= 0.3 is 5.97 Å². The molecule has 0 amide bonds. The van der Waals surface area contributed by atoms with Gasteiger partial charge in [-0.05, 0) is 19.1 Å². The minimum absolute atomic E-state index is 0.0675. The molecule has 0 spiro atoms. The minimum Gasteiger partial charge on any atom is -0.496 e. The minimum atomic E-state index is -1.08. The van der Waals surface area contributed by atoms with Crippen LogP contribution in [-0.4, -0.2) is 47.0 Å². The molecule has 3 rings (SSSR count). The van der Waals surface area contributed by atoms with Crippen molar-refractivity contribution in [2.75, 3.05) is 20.8 Å². The van der Waals surface area contributed by atoms with E-state index in [0.717, 1.165) is 5.56 Å². The van der Waals surface area contributed by atoms with Crippen LogP contribution < -0.4 is 9.47 Å². The molecular formula is C17H20N2O6. The van der Waals surface area contributed by atoms with Crippen molar-refractivity contribution in [3.8, 4) is 11.5 Å². The molecule has 1 aliphatic heterocycles. The summed E-state index contributed by atoms with van der Waals surface area (Å²) in [6.45, 7) is 2.60. The number of fused-ring (bicyclic) bond motifs is 1. The molecule has 1 aromatic heterocycles. The molecule has 0 saturated carbocycles. The summed E-state index contributed by atoms with van der Waals surface area (Å²) >= 11 is 0. The zero-order valence-corrected chi connectivity index (χ0v) is 14.3. The molecule has 25 heavy (non-hydrogen) atoms. The number of aliphatic hydroxyl groups excluding tert-OH is 1. The first-order valence-corrected chi connectivity index (χ1v) is 7.78. The largest absolute Gasteiger partial charge is 0.496 e. The molecule has 0 saturated heterocycles. The Labute approximate surface area is 144 Å². The number of ether oxygens (including phenoxy) is 2. The normalized spacial score (nSPS) is 17.2. The van der Waals surface area contributed by atoms with Crippen LogP contribution in [-0.2, 0) is 13.1 Å². The number of rotatable bonds is 5. The number of aromatic carboxylic acids is 1. The topological polar surface area (TPSA) is 105 Å². The summed E-state index contributed by atoms with van der Waals surface area (Å²) < 4.78 is 15.8. The molecule has 0 radical (unpaired) electrons. The van der Waals surface area contributed by atoms with Crippen LogP contribution >= 0.6 is 0 Å². The lowest BCUT2D eigenvalue weighted by atomic mass is 9.95. The van der Waals surface area contributed by atoms with Crippen LogP contribution in [0.1, 0.15) is 39.0 Å². The Hall–Kier alpha value is -2.58. The summed E-state index contributed by atoms with van der Waals surface area (Å²) in [5.41, 5.74) is 1.92. The summed E-state index contributed by atoms with van der Waals surface area (Å²) in [4.78, 5) is 13.3. The molecule has 1 atom stereocenters. The van der Waals surface area contributed by atoms with E-state index in [1.165, 1.54) is 0 Å². The van der Waals surface area contributed by atoms with E-state index >= 15 is 0 Å². The number of carboxylic acid groups (broad SMARTS) is 1. The summed E-state index contributed by atoms with van der Waals surface area (Å²) in [6.07, 6.45) is -0.782. The third-order valence-electron chi connectivity index (χ3n) is 4.38. The molecule has 2 heterocycles. The lowest BCUT2D eigenvalue weighted by Gasteiger charge is -2.33. The van der Waals surface area contributed by atoms with Crippen molar-refractivity contribution in [3.05, 3.63) is 40.3 Å². The number of carbonyl (C=O) groups is 1. The van der Waals surface area contributed by atoms with Crippen molar-refractivity contribution < 1.29 is 29.0 Å². The van der Waals surface area contributed by atoms with E-state index in [4.69, 9.17) is 14.0 Å². The highest BCUT2D eigenvalue weighted by atomic mass is 16.5. The van der Waals surface area contributed by atoms with Crippen LogP contribution in [0, 0.1) is 6.92 Å². The van der Waals surface area contributed by atoms with Gasteiger partial charge in [-0.25, -0.2) is 4.79 Å². The number of hydrogen-bond donors (Lipinski definition) is 2. The second-order valence-corrected chi connectivity index (χ2v) is 5.91. The van der Waals surface area contributed by atoms with Gasteiger partial charge in [-0.15, -0.1) is 0 Å². The Bertz CT molecular complexity index is 801. The predicted molar refractivity (Wildman–Crippen MR) is 86.8 cm³/mol. The number of hydrogen-bond acceptors (Lipinski definition) is 7. The summed E-state index contributed by atoms with van der Waals surface area (Å²) in [5.74, 6) is 0.437. The standard InChI is InChI=1S/C17H20N2O6/c1-9-15(17(21)22)11(18-25-9)7-19-6-10-13(23-2)4-5-14(24-3)16(10)12(20)8-19/h4-5,12,20H,6-8H2,1-3H3,(H,21,22). The first kappa shape index (κ1) is 17.2. The fraction of sp³-hybridized carbons (Fsp3) is 0.412. The summed E-state index contributed by atoms with van der Waals surface area (Å²) in [5, 5.41) is 23.8. The molecule has 1 aromatic carbocycles. The molecule has 1 unspecified atom stereocenters. The maximum absolute atomic E-state index is 11.4. The van der Waals surface area contributed by atoms with E-state index in [1.54, 1.807) is 33.3 Å². The van der Waals surface area contributed by atoms with Crippen LogP contribution in [0.3, 0.4) is 0 Å². The first-order chi connectivity index (χ1) is 12.0. The van der Waals surface area contributed by atoms with Crippen molar-refractivity contribution in [3.63, 3.8) is 0 Å². The Kier molecular flexibility index (Phi) is 4.65. The first-order valence-electron chi connectivity index (χ1n) is 7.78. The lowest BCUT2D eigenvalue weighted by Crippen LogP contribution is -2.34. The van der Waals surface area contributed by atoms with Crippen LogP contribution in [0.25, 0.3) is 0 Å². The Morgan fingerprint density at radius 3 is 2.68 bits per heavy atom. The van der Waals surface area contributed by atoms with Gasteiger partial charge in [-0.3, -0.25) is 4.90 Å². The molecule has 8 nitrogen and oxygen atoms in total. The SMILES string of the molecule is COc1ccc(OC)c2c1CN(Cc1noc(C)c1C(=O)O)CC2O. The molecule has 0 bridgehead atoms. The highest BCUT2D eigenvalue weighted by Gasteiger charge is 2.31. The second kappa shape index (κ2) is 6.73. The predicted octanol–water partition coefficient (Wildman–Crippen LogP) is 1.75. The average molecular weight is 348 g/mol. The van der Waals surface area contributed by atoms with Gasteiger partial charge in [0.2, 0.25) is 0 Å². The van der Waals surface area contributed by atoms with Gasteiger partial charge in [0.1, 0.15) is 28.5 Å². The Balaban J connectivity index is 1.93. The van der Waals surface area contributed by atoms with E-state index in [1.807, 2.05) is 4.90 Å². The number of methoxy groups -OCH3 is 2. The maximum atomic E-state index is 11.4. The number of aliphatic hydroxyl groups is 1. The van der Waals surface area contributed by atoms with Crippen molar-refractivity contribution in [1.82, 2.24) is 10.1 Å². The highest BCUT2D eigenvalue weighted by Crippen LogP contribution is 2.39. The van der Waals surface area contributed by atoms with Crippen molar-refractivity contribution in [2.45, 2.75) is 26.1 Å². The van der Waals surface area contributed by atoms with Crippen LogP contribution in [0.4, 0.5) is 0 Å². The van der Waals surface area contributed by atoms with Gasteiger partial charge in [-0.2, -0.15) is 0 Å². The van der Waals surface area contributed by atoms with Gasteiger partial charge in [0, 0.05) is 30.8 Å². The number of benzene rings is 1. The summed E-state index contributed by atoms with van der Waals surface area (Å²) in [6, 6.07) is 3.55. The van der Waals surface area contributed by atoms with E-state index in [2.05, 4.69) is 5.16 Å². The second-order valence-electron chi connectivity index (χ2n) is 5.91. The molecule has 8 heteroatoms. The number of β-amino-alcohol motifs (C(OH)–C–C–N with tert-alkyl or cyclic N) is 1. The maximum Gasteiger partial charge on any atom is 0.341 e. The fourth-order valence-electron chi connectivity index (χ4n) is 3.28. The molecule has 1 aliphatic rings.